The Morgan fingerprint density at radius 1 is 1.22 bits per heavy atom. The van der Waals surface area contributed by atoms with E-state index in [9.17, 15) is 0 Å². The molecule has 0 atom stereocenters. The highest BCUT2D eigenvalue weighted by Crippen LogP contribution is 2.32. The van der Waals surface area contributed by atoms with Gasteiger partial charge in [-0.2, -0.15) is 5.10 Å². The van der Waals surface area contributed by atoms with Crippen molar-refractivity contribution in [2.45, 2.75) is 47.6 Å². The second-order valence-electron chi connectivity index (χ2n) is 6.42. The largest absolute Gasteiger partial charge is 0.365 e. The highest BCUT2D eigenvalue weighted by molar-refractivity contribution is 7.17. The maximum absolute atomic E-state index is 4.65. The molecular formula is C17H23N5S. The van der Waals surface area contributed by atoms with Crippen LogP contribution < -0.4 is 5.32 Å². The molecule has 0 amide bonds. The predicted molar refractivity (Wildman–Crippen MR) is 96.1 cm³/mol. The monoisotopic (exact) mass is 329 g/mol. The number of anilines is 1. The summed E-state index contributed by atoms with van der Waals surface area (Å²) in [5.41, 5.74) is 4.67. The van der Waals surface area contributed by atoms with Crippen LogP contribution in [0.1, 0.15) is 42.2 Å². The Balaban J connectivity index is 1.97. The van der Waals surface area contributed by atoms with Crippen molar-refractivity contribution in [2.24, 2.45) is 5.92 Å². The number of thiophene rings is 1. The number of hydrogen-bond donors (Lipinski definition) is 2. The molecule has 0 aliphatic heterocycles. The van der Waals surface area contributed by atoms with E-state index in [1.165, 1.54) is 16.5 Å². The van der Waals surface area contributed by atoms with Gasteiger partial charge in [0, 0.05) is 17.8 Å². The van der Waals surface area contributed by atoms with Crippen molar-refractivity contribution in [2.75, 3.05) is 5.32 Å². The van der Waals surface area contributed by atoms with E-state index in [0.717, 1.165) is 40.8 Å². The third-order valence-corrected chi connectivity index (χ3v) is 4.88. The average molecular weight is 329 g/mol. The molecule has 23 heavy (non-hydrogen) atoms. The Labute approximate surface area is 140 Å². The van der Waals surface area contributed by atoms with Crippen molar-refractivity contribution in [3.8, 4) is 0 Å². The van der Waals surface area contributed by atoms with Crippen LogP contribution in [0.2, 0.25) is 0 Å². The molecule has 3 rings (SSSR count). The van der Waals surface area contributed by atoms with Crippen molar-refractivity contribution < 1.29 is 0 Å². The molecule has 6 heteroatoms. The van der Waals surface area contributed by atoms with Crippen LogP contribution in [0.4, 0.5) is 5.82 Å². The van der Waals surface area contributed by atoms with E-state index in [2.05, 4.69) is 44.7 Å². The number of nitrogens with zero attached hydrogens (tertiary/aromatic N) is 3. The fourth-order valence-corrected chi connectivity index (χ4v) is 3.83. The molecular weight excluding hydrogens is 306 g/mol. The summed E-state index contributed by atoms with van der Waals surface area (Å²) in [5, 5.41) is 14.2. The number of rotatable bonds is 5. The SMILES string of the molecule is Cc1nc(NCc2c(C)n[nH]c2C)c2c(CC(C)C)csc2n1. The van der Waals surface area contributed by atoms with E-state index in [-0.39, 0.29) is 0 Å². The number of nitrogens with one attached hydrogen (secondary N) is 2. The Kier molecular flexibility index (Phi) is 4.35. The normalized spacial score (nSPS) is 11.6. The number of H-pyrrole nitrogens is 1. The lowest BCUT2D eigenvalue weighted by Crippen LogP contribution is -2.06. The molecule has 3 heterocycles. The second kappa shape index (κ2) is 6.28. The van der Waals surface area contributed by atoms with Crippen LogP contribution >= 0.6 is 11.3 Å². The fourth-order valence-electron chi connectivity index (χ4n) is 2.83. The van der Waals surface area contributed by atoms with Gasteiger partial charge in [0.15, 0.2) is 0 Å². The molecule has 0 saturated heterocycles. The summed E-state index contributed by atoms with van der Waals surface area (Å²) >= 11 is 1.70. The molecule has 0 fully saturated rings. The minimum Gasteiger partial charge on any atom is -0.365 e. The van der Waals surface area contributed by atoms with Crippen LogP contribution in [-0.2, 0) is 13.0 Å². The highest BCUT2D eigenvalue weighted by Gasteiger charge is 2.15. The smallest absolute Gasteiger partial charge is 0.139 e. The lowest BCUT2D eigenvalue weighted by molar-refractivity contribution is 0.651. The summed E-state index contributed by atoms with van der Waals surface area (Å²) in [6, 6.07) is 0. The number of aromatic nitrogens is 4. The van der Waals surface area contributed by atoms with E-state index in [1.54, 1.807) is 11.3 Å². The van der Waals surface area contributed by atoms with Gasteiger partial charge in [-0.15, -0.1) is 11.3 Å². The van der Waals surface area contributed by atoms with E-state index >= 15 is 0 Å². The maximum atomic E-state index is 4.65. The number of aromatic amines is 1. The molecule has 2 N–H and O–H groups in total. The van der Waals surface area contributed by atoms with Gasteiger partial charge in [0.25, 0.3) is 0 Å². The Morgan fingerprint density at radius 2 is 2.00 bits per heavy atom. The van der Waals surface area contributed by atoms with Gasteiger partial charge in [0.05, 0.1) is 11.1 Å². The molecule has 0 aromatic carbocycles. The third-order valence-electron chi connectivity index (χ3n) is 3.96. The van der Waals surface area contributed by atoms with Crippen molar-refractivity contribution in [1.29, 1.82) is 0 Å². The third kappa shape index (κ3) is 3.22. The first-order chi connectivity index (χ1) is 11.0. The lowest BCUT2D eigenvalue weighted by atomic mass is 10.0. The topological polar surface area (TPSA) is 66.5 Å². The molecule has 0 spiro atoms. The predicted octanol–water partition coefficient (Wildman–Crippen LogP) is 4.15. The first-order valence-corrected chi connectivity index (χ1v) is 8.82. The molecule has 0 aliphatic carbocycles. The Bertz CT molecular complexity index is 811. The van der Waals surface area contributed by atoms with E-state index in [4.69, 9.17) is 0 Å². The van der Waals surface area contributed by atoms with Crippen molar-refractivity contribution >= 4 is 27.4 Å². The van der Waals surface area contributed by atoms with Gasteiger partial charge in [0.2, 0.25) is 0 Å². The molecule has 3 aromatic heterocycles. The van der Waals surface area contributed by atoms with Crippen LogP contribution in [-0.4, -0.2) is 20.2 Å². The summed E-state index contributed by atoms with van der Waals surface area (Å²) in [6.07, 6.45) is 1.05. The molecule has 0 unspecified atom stereocenters. The highest BCUT2D eigenvalue weighted by atomic mass is 32.1. The van der Waals surface area contributed by atoms with Gasteiger partial charge in [-0.3, -0.25) is 5.10 Å². The van der Waals surface area contributed by atoms with Gasteiger partial charge in [0.1, 0.15) is 16.5 Å². The number of hydrogen-bond acceptors (Lipinski definition) is 5. The van der Waals surface area contributed by atoms with Crippen molar-refractivity contribution in [3.63, 3.8) is 0 Å². The Morgan fingerprint density at radius 3 is 2.65 bits per heavy atom. The second-order valence-corrected chi connectivity index (χ2v) is 7.28. The first-order valence-electron chi connectivity index (χ1n) is 7.94. The summed E-state index contributed by atoms with van der Waals surface area (Å²) in [6.45, 7) is 11.2. The van der Waals surface area contributed by atoms with E-state index in [1.807, 2.05) is 20.8 Å². The van der Waals surface area contributed by atoms with Gasteiger partial charge in [-0.05, 0) is 44.1 Å². The summed E-state index contributed by atoms with van der Waals surface area (Å²) in [5.74, 6) is 2.35. The molecule has 0 bridgehead atoms. The zero-order chi connectivity index (χ0) is 16.6. The quantitative estimate of drug-likeness (QED) is 0.738. The minimum absolute atomic E-state index is 0.611. The zero-order valence-corrected chi connectivity index (χ0v) is 15.1. The molecule has 0 saturated carbocycles. The van der Waals surface area contributed by atoms with Crippen LogP contribution in [0.15, 0.2) is 5.38 Å². The van der Waals surface area contributed by atoms with Crippen LogP contribution in [0.3, 0.4) is 0 Å². The van der Waals surface area contributed by atoms with Crippen LogP contribution in [0, 0.1) is 26.7 Å². The summed E-state index contributed by atoms with van der Waals surface area (Å²) in [4.78, 5) is 10.3. The minimum atomic E-state index is 0.611. The van der Waals surface area contributed by atoms with Crippen molar-refractivity contribution in [3.05, 3.63) is 33.7 Å². The molecule has 122 valence electrons. The summed E-state index contributed by atoms with van der Waals surface area (Å²) in [7, 11) is 0. The van der Waals surface area contributed by atoms with E-state index < -0.39 is 0 Å². The van der Waals surface area contributed by atoms with E-state index in [0.29, 0.717) is 5.92 Å². The fraction of sp³-hybridized carbons (Fsp3) is 0.471. The number of aryl methyl sites for hydroxylation is 3. The standard InChI is InChI=1S/C17H23N5S/c1-9(2)6-13-8-23-17-15(13)16(19-12(5)20-17)18-7-14-10(3)21-22-11(14)4/h8-9H,6-7H2,1-5H3,(H,21,22)(H,18,19,20). The lowest BCUT2D eigenvalue weighted by Gasteiger charge is -2.10. The van der Waals surface area contributed by atoms with Crippen LogP contribution in [0.5, 0.6) is 0 Å². The van der Waals surface area contributed by atoms with Gasteiger partial charge < -0.3 is 5.32 Å². The summed E-state index contributed by atoms with van der Waals surface area (Å²) < 4.78 is 0. The van der Waals surface area contributed by atoms with Gasteiger partial charge in [-0.1, -0.05) is 13.8 Å². The molecule has 3 aromatic rings. The zero-order valence-electron chi connectivity index (χ0n) is 14.3. The van der Waals surface area contributed by atoms with Crippen molar-refractivity contribution in [1.82, 2.24) is 20.2 Å². The number of fused-ring (bicyclic) bond motifs is 1. The first kappa shape index (κ1) is 15.9. The van der Waals surface area contributed by atoms with Crippen LogP contribution in [0.25, 0.3) is 10.2 Å². The average Bonchev–Trinajstić information content (AvgIpc) is 3.00. The molecule has 5 nitrogen and oxygen atoms in total. The maximum Gasteiger partial charge on any atom is 0.139 e. The van der Waals surface area contributed by atoms with Gasteiger partial charge in [-0.25, -0.2) is 9.97 Å². The molecule has 0 radical (unpaired) electrons. The molecule has 0 aliphatic rings. The Hall–Kier alpha value is -1.95. The van der Waals surface area contributed by atoms with Gasteiger partial charge >= 0.3 is 0 Å².